The van der Waals surface area contributed by atoms with Crippen LogP contribution in [-0.4, -0.2) is 17.2 Å². The van der Waals surface area contributed by atoms with Crippen LogP contribution in [0, 0.1) is 0 Å². The Morgan fingerprint density at radius 3 is 2.32 bits per heavy atom. The summed E-state index contributed by atoms with van der Waals surface area (Å²) in [5, 5.41) is 0.734. The number of fused-ring (bicyclic) bond motifs is 1. The Hall–Kier alpha value is -2.53. The lowest BCUT2D eigenvalue weighted by atomic mass is 10.1. The molecule has 2 aromatic carbocycles. The summed E-state index contributed by atoms with van der Waals surface area (Å²) in [5.41, 5.74) is 1.91. The molecule has 1 aromatic heterocycles. The third-order valence-corrected chi connectivity index (χ3v) is 6.15. The van der Waals surface area contributed by atoms with E-state index in [9.17, 15) is 4.79 Å². The zero-order valence-electron chi connectivity index (χ0n) is 18.4. The number of thiazole rings is 1. The quantitative estimate of drug-likeness (QED) is 0.118. The fraction of sp³-hybridized carbons (Fsp3) is 0.423. The number of unbranched alkanes of at least 4 members (excludes halogenated alkanes) is 8. The Morgan fingerprint density at radius 2 is 1.61 bits per heavy atom. The summed E-state index contributed by atoms with van der Waals surface area (Å²) in [7, 11) is 0. The largest absolute Gasteiger partial charge is 0.427 e. The number of carbonyl (C=O) groups excluding carboxylic acids is 1. The SMILES string of the molecule is CCCCCCCCCCCC(=O)Oc1ccc(/C=N/c2nc3ccccc3s2)cc1. The fourth-order valence-electron chi connectivity index (χ4n) is 3.43. The van der Waals surface area contributed by atoms with E-state index in [0.717, 1.165) is 33.8 Å². The number of carbonyl (C=O) groups is 1. The molecule has 0 aliphatic rings. The van der Waals surface area contributed by atoms with Crippen LogP contribution in [0.4, 0.5) is 5.13 Å². The number of nitrogens with zero attached hydrogens (tertiary/aromatic N) is 2. The van der Waals surface area contributed by atoms with E-state index in [1.54, 1.807) is 17.6 Å². The molecule has 0 bridgehead atoms. The van der Waals surface area contributed by atoms with Crippen molar-refractivity contribution in [3.8, 4) is 5.75 Å². The number of hydrogen-bond acceptors (Lipinski definition) is 5. The van der Waals surface area contributed by atoms with Crippen LogP contribution in [0.3, 0.4) is 0 Å². The van der Waals surface area contributed by atoms with Gasteiger partial charge in [0.15, 0.2) is 0 Å². The van der Waals surface area contributed by atoms with Gasteiger partial charge in [-0.05, 0) is 48.4 Å². The molecule has 3 rings (SSSR count). The molecule has 0 spiro atoms. The van der Waals surface area contributed by atoms with Gasteiger partial charge in [-0.15, -0.1) is 0 Å². The molecule has 4 nitrogen and oxygen atoms in total. The van der Waals surface area contributed by atoms with Crippen molar-refractivity contribution in [2.75, 3.05) is 0 Å². The molecule has 0 atom stereocenters. The molecule has 164 valence electrons. The molecule has 0 saturated carbocycles. The summed E-state index contributed by atoms with van der Waals surface area (Å²) >= 11 is 1.57. The van der Waals surface area contributed by atoms with Crippen LogP contribution in [0.25, 0.3) is 10.2 Å². The summed E-state index contributed by atoms with van der Waals surface area (Å²) in [4.78, 5) is 21.0. The van der Waals surface area contributed by atoms with Crippen LogP contribution in [-0.2, 0) is 4.79 Å². The highest BCUT2D eigenvalue weighted by Crippen LogP contribution is 2.27. The lowest BCUT2D eigenvalue weighted by Gasteiger charge is -2.05. The average Bonchev–Trinajstić information content (AvgIpc) is 3.20. The Bertz CT molecular complexity index is 930. The van der Waals surface area contributed by atoms with E-state index in [1.807, 2.05) is 48.5 Å². The maximum Gasteiger partial charge on any atom is 0.311 e. The Balaban J connectivity index is 1.34. The monoisotopic (exact) mass is 436 g/mol. The van der Waals surface area contributed by atoms with Gasteiger partial charge in [0.05, 0.1) is 10.2 Å². The minimum atomic E-state index is -0.154. The van der Waals surface area contributed by atoms with Gasteiger partial charge in [0, 0.05) is 12.6 Å². The second kappa shape index (κ2) is 13.0. The Kier molecular flexibility index (Phi) is 9.71. The normalized spacial score (nSPS) is 11.4. The van der Waals surface area contributed by atoms with Crippen molar-refractivity contribution in [2.24, 2.45) is 4.99 Å². The third-order valence-electron chi connectivity index (χ3n) is 5.20. The number of esters is 1. The molecule has 0 unspecified atom stereocenters. The van der Waals surface area contributed by atoms with Gasteiger partial charge >= 0.3 is 5.97 Å². The zero-order chi connectivity index (χ0) is 21.7. The van der Waals surface area contributed by atoms with Crippen LogP contribution in [0.15, 0.2) is 53.5 Å². The summed E-state index contributed by atoms with van der Waals surface area (Å²) in [6, 6.07) is 15.4. The van der Waals surface area contributed by atoms with E-state index in [4.69, 9.17) is 4.74 Å². The van der Waals surface area contributed by atoms with Crippen molar-refractivity contribution < 1.29 is 9.53 Å². The van der Waals surface area contributed by atoms with Gasteiger partial charge in [-0.3, -0.25) is 4.79 Å². The second-order valence-corrected chi connectivity index (χ2v) is 8.85. The van der Waals surface area contributed by atoms with E-state index in [1.165, 1.54) is 44.9 Å². The number of aliphatic imine (C=N–C) groups is 1. The van der Waals surface area contributed by atoms with Crippen LogP contribution >= 0.6 is 11.3 Å². The molecule has 5 heteroatoms. The first kappa shape index (κ1) is 23.1. The number of rotatable bonds is 13. The van der Waals surface area contributed by atoms with E-state index in [0.29, 0.717) is 12.2 Å². The second-order valence-electron chi connectivity index (χ2n) is 7.84. The summed E-state index contributed by atoms with van der Waals surface area (Å²) in [6.45, 7) is 2.24. The first-order valence-electron chi connectivity index (χ1n) is 11.4. The number of para-hydroxylation sites is 1. The molecule has 0 aliphatic carbocycles. The van der Waals surface area contributed by atoms with Crippen molar-refractivity contribution in [3.05, 3.63) is 54.1 Å². The number of benzene rings is 2. The summed E-state index contributed by atoms with van der Waals surface area (Å²) in [6.07, 6.45) is 13.4. The van der Waals surface area contributed by atoms with Gasteiger partial charge in [0.2, 0.25) is 5.13 Å². The van der Waals surface area contributed by atoms with Crippen molar-refractivity contribution in [2.45, 2.75) is 71.1 Å². The third kappa shape index (κ3) is 8.25. The lowest BCUT2D eigenvalue weighted by molar-refractivity contribution is -0.134. The molecular weight excluding hydrogens is 404 g/mol. The van der Waals surface area contributed by atoms with Crippen LogP contribution < -0.4 is 4.74 Å². The van der Waals surface area contributed by atoms with Crippen LogP contribution in [0.2, 0.25) is 0 Å². The topological polar surface area (TPSA) is 51.5 Å². The van der Waals surface area contributed by atoms with Crippen LogP contribution in [0.5, 0.6) is 5.75 Å². The van der Waals surface area contributed by atoms with E-state index in [-0.39, 0.29) is 5.97 Å². The molecule has 31 heavy (non-hydrogen) atoms. The van der Waals surface area contributed by atoms with Gasteiger partial charge < -0.3 is 4.74 Å². The molecule has 0 N–H and O–H groups in total. The number of hydrogen-bond donors (Lipinski definition) is 0. The Labute approximate surface area is 189 Å². The Morgan fingerprint density at radius 1 is 0.935 bits per heavy atom. The fourth-order valence-corrected chi connectivity index (χ4v) is 4.24. The maximum absolute atomic E-state index is 12.0. The van der Waals surface area contributed by atoms with Gasteiger partial charge in [-0.2, -0.15) is 0 Å². The van der Waals surface area contributed by atoms with E-state index >= 15 is 0 Å². The molecule has 0 saturated heterocycles. The van der Waals surface area contributed by atoms with E-state index in [2.05, 4.69) is 16.9 Å². The van der Waals surface area contributed by atoms with Gasteiger partial charge in [0.25, 0.3) is 0 Å². The highest BCUT2D eigenvalue weighted by Gasteiger charge is 2.05. The summed E-state index contributed by atoms with van der Waals surface area (Å²) in [5.74, 6) is 0.428. The van der Waals surface area contributed by atoms with Crippen molar-refractivity contribution in [1.82, 2.24) is 4.98 Å². The molecule has 0 amide bonds. The van der Waals surface area contributed by atoms with Crippen molar-refractivity contribution in [3.63, 3.8) is 0 Å². The number of aromatic nitrogens is 1. The first-order valence-corrected chi connectivity index (χ1v) is 12.3. The molecule has 0 radical (unpaired) electrons. The van der Waals surface area contributed by atoms with Crippen LogP contribution in [0.1, 0.15) is 76.7 Å². The first-order chi connectivity index (χ1) is 15.2. The van der Waals surface area contributed by atoms with Gasteiger partial charge in [0.1, 0.15) is 5.75 Å². The molecule has 1 heterocycles. The van der Waals surface area contributed by atoms with Gasteiger partial charge in [-0.1, -0.05) is 81.8 Å². The van der Waals surface area contributed by atoms with E-state index < -0.39 is 0 Å². The smallest absolute Gasteiger partial charge is 0.311 e. The maximum atomic E-state index is 12.0. The number of ether oxygens (including phenoxy) is 1. The molecular formula is C26H32N2O2S. The standard InChI is InChI=1S/C26H32N2O2S/c1-2-3-4-5-6-7-8-9-10-15-25(29)30-22-18-16-21(17-19-22)20-27-26-28-23-13-11-12-14-24(23)31-26/h11-14,16-20H,2-10,15H2,1H3/b27-20+. The highest BCUT2D eigenvalue weighted by molar-refractivity contribution is 7.22. The summed E-state index contributed by atoms with van der Waals surface area (Å²) < 4.78 is 6.58. The lowest BCUT2D eigenvalue weighted by Crippen LogP contribution is -2.07. The minimum Gasteiger partial charge on any atom is -0.427 e. The highest BCUT2D eigenvalue weighted by atomic mass is 32.1. The molecule has 3 aromatic rings. The van der Waals surface area contributed by atoms with Crippen molar-refractivity contribution >= 4 is 38.9 Å². The van der Waals surface area contributed by atoms with Gasteiger partial charge in [-0.25, -0.2) is 9.98 Å². The average molecular weight is 437 g/mol. The zero-order valence-corrected chi connectivity index (χ0v) is 19.2. The molecule has 0 fully saturated rings. The predicted octanol–water partition coefficient (Wildman–Crippen LogP) is 7.87. The predicted molar refractivity (Wildman–Crippen MR) is 131 cm³/mol. The minimum absolute atomic E-state index is 0.154. The van der Waals surface area contributed by atoms with Crippen molar-refractivity contribution in [1.29, 1.82) is 0 Å². The molecule has 0 aliphatic heterocycles.